The molecule has 4 heterocycles. The number of hydrogen-bond acceptors (Lipinski definition) is 15. The molecule has 4 rings (SSSR count). The van der Waals surface area contributed by atoms with Gasteiger partial charge in [-0.1, -0.05) is 28.3 Å². The van der Waals surface area contributed by atoms with E-state index in [2.05, 4.69) is 31.0 Å². The standard InChI is InChI=1S/C18H18N8O6S4.CH2O2/c19-1-2-32-25-10(9-5-34-17(22-9)20-6-27)13(28)23-11-14(29)26-12(16(30)31)8(3-33-15(11)26)4-35-18-24-21-7-36-18;2-1-3/h5-7,11,15H,1-4,19H2,(H,23,28)(H,30,31)(H,20,22,27);1H,(H,2,3)/t11?,15-;/m0./s1. The molecular formula is C19H20N8O8S4. The molecule has 0 aliphatic carbocycles. The smallest absolute Gasteiger partial charge is 0.352 e. The largest absolute Gasteiger partial charge is 0.483 e. The Morgan fingerprint density at radius 3 is 2.77 bits per heavy atom. The first-order chi connectivity index (χ1) is 18.9. The highest BCUT2D eigenvalue weighted by Gasteiger charge is 2.54. The zero-order valence-electron chi connectivity index (χ0n) is 19.6. The maximum absolute atomic E-state index is 13.0. The Morgan fingerprint density at radius 1 is 1.36 bits per heavy atom. The number of fused-ring (bicyclic) bond motifs is 1. The van der Waals surface area contributed by atoms with Gasteiger partial charge in [-0.15, -0.1) is 33.3 Å². The van der Waals surface area contributed by atoms with Gasteiger partial charge in [-0.2, -0.15) is 0 Å². The molecule has 2 aliphatic heterocycles. The zero-order chi connectivity index (χ0) is 28.4. The fraction of sp³-hybridized carbons (Fsp3) is 0.316. The van der Waals surface area contributed by atoms with E-state index in [1.807, 2.05) is 0 Å². The maximum Gasteiger partial charge on any atom is 0.352 e. The number of oxime groups is 1. The van der Waals surface area contributed by atoms with Gasteiger partial charge in [-0.3, -0.25) is 24.1 Å². The number of β-lactam (4-membered cyclic amide) rings is 1. The van der Waals surface area contributed by atoms with Crippen molar-refractivity contribution in [3.8, 4) is 0 Å². The fourth-order valence-electron chi connectivity index (χ4n) is 3.25. The van der Waals surface area contributed by atoms with E-state index in [-0.39, 0.29) is 41.9 Å². The molecule has 2 aromatic rings. The predicted molar refractivity (Wildman–Crippen MR) is 142 cm³/mol. The lowest BCUT2D eigenvalue weighted by molar-refractivity contribution is -0.150. The highest BCUT2D eigenvalue weighted by atomic mass is 32.2. The van der Waals surface area contributed by atoms with Gasteiger partial charge in [0.15, 0.2) is 15.2 Å². The molecule has 2 aliphatic rings. The van der Waals surface area contributed by atoms with E-state index in [1.54, 1.807) is 5.51 Å². The van der Waals surface area contributed by atoms with E-state index < -0.39 is 29.2 Å². The van der Waals surface area contributed by atoms with E-state index in [0.29, 0.717) is 27.8 Å². The summed E-state index contributed by atoms with van der Waals surface area (Å²) in [6.07, 6.45) is 0.445. The summed E-state index contributed by atoms with van der Waals surface area (Å²) in [5.41, 5.74) is 7.39. The first kappa shape index (κ1) is 30.0. The normalized spacial score (nSPS) is 18.2. The van der Waals surface area contributed by atoms with E-state index in [9.17, 15) is 24.3 Å². The van der Waals surface area contributed by atoms with Crippen molar-refractivity contribution in [3.63, 3.8) is 0 Å². The van der Waals surface area contributed by atoms with Crippen LogP contribution in [-0.2, 0) is 28.8 Å². The Labute approximate surface area is 236 Å². The Hall–Kier alpha value is -3.59. The van der Waals surface area contributed by atoms with Crippen LogP contribution in [0.4, 0.5) is 5.13 Å². The second-order valence-corrected chi connectivity index (χ2v) is 11.1. The number of carbonyl (C=O) groups is 5. The average molecular weight is 617 g/mol. The topological polar surface area (TPSA) is 239 Å². The molecule has 16 nitrogen and oxygen atoms in total. The third-order valence-corrected chi connectivity index (χ3v) is 8.82. The number of aliphatic carboxylic acids is 1. The van der Waals surface area contributed by atoms with Gasteiger partial charge in [0.2, 0.25) is 6.41 Å². The van der Waals surface area contributed by atoms with Crippen LogP contribution in [0.5, 0.6) is 0 Å². The van der Waals surface area contributed by atoms with Crippen LogP contribution in [0, 0.1) is 0 Å². The van der Waals surface area contributed by atoms with Crippen molar-refractivity contribution in [2.24, 2.45) is 10.9 Å². The summed E-state index contributed by atoms with van der Waals surface area (Å²) >= 11 is 5.10. The molecule has 20 heteroatoms. The number of nitrogens with two attached hydrogens (primary N) is 1. The van der Waals surface area contributed by atoms with Crippen molar-refractivity contribution in [2.45, 2.75) is 15.8 Å². The Kier molecular flexibility index (Phi) is 11.2. The molecular weight excluding hydrogens is 597 g/mol. The summed E-state index contributed by atoms with van der Waals surface area (Å²) in [4.78, 5) is 67.4. The molecule has 0 radical (unpaired) electrons. The van der Waals surface area contributed by atoms with E-state index in [0.717, 1.165) is 11.3 Å². The molecule has 2 aromatic heterocycles. The van der Waals surface area contributed by atoms with Crippen LogP contribution in [0.25, 0.3) is 0 Å². The van der Waals surface area contributed by atoms with Crippen molar-refractivity contribution < 1.29 is 39.0 Å². The third-order valence-electron chi connectivity index (χ3n) is 4.76. The van der Waals surface area contributed by atoms with Crippen LogP contribution in [0.3, 0.4) is 0 Å². The SMILES string of the molecule is NCCON=C(C(=O)NC1C(=O)N2C(C(=O)O)=C(CSc3nncs3)CS[C@@H]12)c1csc(NC=O)n1.O=CO. The number of thiazole rings is 1. The number of thioether (sulfide) groups is 2. The van der Waals surface area contributed by atoms with E-state index in [4.69, 9.17) is 20.5 Å². The molecule has 0 aromatic carbocycles. The summed E-state index contributed by atoms with van der Waals surface area (Å²) < 4.78 is 0.691. The summed E-state index contributed by atoms with van der Waals surface area (Å²) in [6.45, 7) is -0.0498. The molecule has 1 unspecified atom stereocenters. The molecule has 1 fully saturated rings. The Bertz CT molecular complexity index is 1270. The number of hydrogen-bond donors (Lipinski definition) is 5. The second kappa shape index (κ2) is 14.5. The number of nitrogens with one attached hydrogen (secondary N) is 2. The van der Waals surface area contributed by atoms with Gasteiger partial charge in [0.1, 0.15) is 34.9 Å². The molecule has 3 amide bonds. The van der Waals surface area contributed by atoms with Crippen LogP contribution < -0.4 is 16.4 Å². The molecule has 39 heavy (non-hydrogen) atoms. The van der Waals surface area contributed by atoms with Crippen molar-refractivity contribution >= 4 is 87.7 Å². The quantitative estimate of drug-likeness (QED) is 0.0503. The third kappa shape index (κ3) is 7.29. The molecule has 0 bridgehead atoms. The predicted octanol–water partition coefficient (Wildman–Crippen LogP) is -0.526. The highest BCUT2D eigenvalue weighted by molar-refractivity contribution is 8.01. The van der Waals surface area contributed by atoms with Crippen LogP contribution in [0.15, 0.2) is 31.7 Å². The molecule has 6 N–H and O–H groups in total. The van der Waals surface area contributed by atoms with E-state index in [1.165, 1.54) is 45.1 Å². The fourth-order valence-corrected chi connectivity index (χ4v) is 6.87. The minimum atomic E-state index is -1.22. The summed E-state index contributed by atoms with van der Waals surface area (Å²) in [7, 11) is 0. The number of amides is 3. The Balaban J connectivity index is 0.00000134. The van der Waals surface area contributed by atoms with Crippen molar-refractivity contribution in [2.75, 3.05) is 30.0 Å². The van der Waals surface area contributed by atoms with Crippen molar-refractivity contribution in [1.29, 1.82) is 0 Å². The maximum atomic E-state index is 13.0. The molecule has 1 saturated heterocycles. The number of carbonyl (C=O) groups excluding carboxylic acids is 3. The van der Waals surface area contributed by atoms with Crippen molar-refractivity contribution in [3.05, 3.63) is 27.9 Å². The Morgan fingerprint density at radius 2 is 2.13 bits per heavy atom. The minimum absolute atomic E-state index is 0.0413. The number of aromatic nitrogens is 3. The lowest BCUT2D eigenvalue weighted by Gasteiger charge is -2.49. The number of rotatable bonds is 12. The van der Waals surface area contributed by atoms with Gasteiger partial charge in [-0.05, 0) is 5.57 Å². The van der Waals surface area contributed by atoms with Gasteiger partial charge in [0, 0.05) is 23.4 Å². The number of nitrogens with zero attached hydrogens (tertiary/aromatic N) is 5. The van der Waals surface area contributed by atoms with Gasteiger partial charge in [-0.25, -0.2) is 9.78 Å². The summed E-state index contributed by atoms with van der Waals surface area (Å²) in [6, 6.07) is -0.972. The lowest BCUT2D eigenvalue weighted by Crippen LogP contribution is -2.71. The van der Waals surface area contributed by atoms with Gasteiger partial charge in [0.25, 0.3) is 18.3 Å². The summed E-state index contributed by atoms with van der Waals surface area (Å²) in [5, 5.41) is 34.3. The zero-order valence-corrected chi connectivity index (χ0v) is 22.8. The number of carboxylic acids is 1. The second-order valence-electron chi connectivity index (χ2n) is 7.08. The highest BCUT2D eigenvalue weighted by Crippen LogP contribution is 2.41. The minimum Gasteiger partial charge on any atom is -0.483 e. The molecule has 208 valence electrons. The van der Waals surface area contributed by atoms with Gasteiger partial charge < -0.3 is 31.4 Å². The molecule has 0 spiro atoms. The van der Waals surface area contributed by atoms with Crippen LogP contribution >= 0.6 is 46.2 Å². The van der Waals surface area contributed by atoms with E-state index >= 15 is 0 Å². The molecule has 0 saturated carbocycles. The van der Waals surface area contributed by atoms with Crippen LogP contribution in [-0.4, -0.2) is 103 Å². The first-order valence-corrected chi connectivity index (χ1v) is 14.4. The number of anilines is 1. The lowest BCUT2D eigenvalue weighted by atomic mass is 10.0. The summed E-state index contributed by atoms with van der Waals surface area (Å²) in [5.74, 6) is -1.82. The van der Waals surface area contributed by atoms with Crippen molar-refractivity contribution in [1.82, 2.24) is 25.4 Å². The van der Waals surface area contributed by atoms with Crippen LogP contribution in [0.2, 0.25) is 0 Å². The number of carboxylic acid groups (broad SMARTS) is 2. The van der Waals surface area contributed by atoms with Gasteiger partial charge in [0.05, 0.1) is 0 Å². The van der Waals surface area contributed by atoms with Crippen LogP contribution in [0.1, 0.15) is 5.69 Å². The first-order valence-electron chi connectivity index (χ1n) is 10.6. The van der Waals surface area contributed by atoms with Gasteiger partial charge >= 0.3 is 5.97 Å². The monoisotopic (exact) mass is 616 g/mol. The molecule has 2 atom stereocenters. The average Bonchev–Trinajstić information content (AvgIpc) is 3.61.